The predicted molar refractivity (Wildman–Crippen MR) is 198 cm³/mol. The highest BCUT2D eigenvalue weighted by molar-refractivity contribution is 5.99. The number of fused-ring (bicyclic) bond motifs is 1. The summed E-state index contributed by atoms with van der Waals surface area (Å²) in [6, 6.07) is 47.1. The summed E-state index contributed by atoms with van der Waals surface area (Å²) in [5, 5.41) is 3.97. The summed E-state index contributed by atoms with van der Waals surface area (Å²) in [5.74, 6) is 0.526. The normalized spacial score (nSPS) is 15.9. The number of rotatable bonds is 9. The molecule has 0 saturated heterocycles. The zero-order valence-corrected chi connectivity index (χ0v) is 26.9. The summed E-state index contributed by atoms with van der Waals surface area (Å²) in [4.78, 5) is 5.38. The van der Waals surface area contributed by atoms with Gasteiger partial charge >= 0.3 is 0 Å². The lowest BCUT2D eigenvalue weighted by Gasteiger charge is -2.32. The first kappa shape index (κ1) is 30.4. The average molecular weight is 612 g/mol. The Hall–Kier alpha value is -5.25. The highest BCUT2D eigenvalue weighted by Gasteiger charge is 2.29. The second-order valence-corrected chi connectivity index (χ2v) is 12.5. The van der Waals surface area contributed by atoms with E-state index in [-0.39, 0.29) is 12.2 Å². The lowest BCUT2D eigenvalue weighted by atomic mass is 9.79. The maximum atomic E-state index is 6.97. The number of amidine groups is 1. The van der Waals surface area contributed by atoms with Gasteiger partial charge in [-0.2, -0.15) is 0 Å². The quantitative estimate of drug-likeness (QED) is 0.129. The first-order chi connectivity index (χ1) is 23.1. The van der Waals surface area contributed by atoms with Gasteiger partial charge in [-0.05, 0) is 94.8 Å². The fourth-order valence-corrected chi connectivity index (χ4v) is 6.90. The van der Waals surface area contributed by atoms with Crippen molar-refractivity contribution >= 4 is 11.4 Å². The van der Waals surface area contributed by atoms with Crippen LogP contribution in [0.2, 0.25) is 0 Å². The molecule has 0 fully saturated rings. The molecule has 5 aromatic rings. The molecule has 0 heterocycles. The number of aryl methyl sites for hydroxylation is 1. The molecule has 2 aliphatic carbocycles. The number of hydrogen-bond donors (Lipinski definition) is 2. The van der Waals surface area contributed by atoms with Crippen molar-refractivity contribution in [2.45, 2.75) is 44.8 Å². The van der Waals surface area contributed by atoms with Crippen LogP contribution in [0.25, 0.3) is 27.8 Å². The Bertz CT molecular complexity index is 1980. The molecule has 2 unspecified atom stereocenters. The van der Waals surface area contributed by atoms with Crippen molar-refractivity contribution in [3.8, 4) is 22.3 Å². The Morgan fingerprint density at radius 1 is 0.681 bits per heavy atom. The smallest absolute Gasteiger partial charge is 0.129 e. The van der Waals surface area contributed by atoms with Gasteiger partial charge in [0.1, 0.15) is 12.0 Å². The summed E-state index contributed by atoms with van der Waals surface area (Å²) in [5.41, 5.74) is 20.5. The molecule has 0 aromatic heterocycles. The third-order valence-corrected chi connectivity index (χ3v) is 9.39. The van der Waals surface area contributed by atoms with Crippen molar-refractivity contribution in [1.82, 2.24) is 5.32 Å². The molecule has 2 aliphatic rings. The molecule has 3 N–H and O–H groups in total. The van der Waals surface area contributed by atoms with Crippen LogP contribution in [0.15, 0.2) is 168 Å². The lowest BCUT2D eigenvalue weighted by molar-refractivity contribution is 0.529. The number of hydrogen-bond acceptors (Lipinski definition) is 2. The summed E-state index contributed by atoms with van der Waals surface area (Å²) >= 11 is 0. The molecule has 0 radical (unpaired) electrons. The Morgan fingerprint density at radius 2 is 1.34 bits per heavy atom. The van der Waals surface area contributed by atoms with Crippen molar-refractivity contribution in [3.05, 3.63) is 185 Å². The molecule has 3 heteroatoms. The summed E-state index contributed by atoms with van der Waals surface area (Å²) in [6.45, 7) is 2.23. The van der Waals surface area contributed by atoms with Crippen LogP contribution in [-0.2, 0) is 6.42 Å². The van der Waals surface area contributed by atoms with Crippen LogP contribution in [0.4, 0.5) is 0 Å². The van der Waals surface area contributed by atoms with Gasteiger partial charge in [-0.1, -0.05) is 140 Å². The standard InChI is InChI=1S/C44H41N3/c1-31(36-22-13-23-37(29-36)32-15-5-2-6-16-32)46-44(47-43(45)39-25-14-24-38(30-39)33-17-7-3-8-18-33)42-40-26-12-11-21-35(40)27-28-41(42)34-19-9-4-10-20-34/h2-9,11-19,21-26,29-31,44,46H,10,20,27-28H2,1H3,(H2,45,47). The van der Waals surface area contributed by atoms with E-state index in [0.717, 1.165) is 42.4 Å². The third kappa shape index (κ3) is 6.82. The third-order valence-electron chi connectivity index (χ3n) is 9.39. The Balaban J connectivity index is 1.33. The number of nitrogens with two attached hydrogens (primary N) is 1. The van der Waals surface area contributed by atoms with E-state index in [2.05, 4.69) is 158 Å². The van der Waals surface area contributed by atoms with Gasteiger partial charge in [-0.3, -0.25) is 5.32 Å². The molecule has 47 heavy (non-hydrogen) atoms. The SMILES string of the molecule is CC(NC(N=C(N)c1cccc(-c2ccccc2)c1)C1=C(C2=CC=CCC2)CCc2ccccc21)c1cccc(-c2ccccc2)c1. The van der Waals surface area contributed by atoms with E-state index in [4.69, 9.17) is 10.7 Å². The van der Waals surface area contributed by atoms with Crippen LogP contribution < -0.4 is 11.1 Å². The summed E-state index contributed by atoms with van der Waals surface area (Å²) in [6.07, 6.45) is 10.5. The van der Waals surface area contributed by atoms with Crippen LogP contribution in [0, 0.1) is 0 Å². The molecule has 232 valence electrons. The van der Waals surface area contributed by atoms with Crippen LogP contribution in [0.3, 0.4) is 0 Å². The predicted octanol–water partition coefficient (Wildman–Crippen LogP) is 10.1. The zero-order chi connectivity index (χ0) is 32.0. The summed E-state index contributed by atoms with van der Waals surface area (Å²) in [7, 11) is 0. The Labute approximate surface area is 278 Å². The van der Waals surface area contributed by atoms with Gasteiger partial charge in [0.25, 0.3) is 0 Å². The number of nitrogens with one attached hydrogen (secondary N) is 1. The van der Waals surface area contributed by atoms with Gasteiger partial charge in [0.05, 0.1) is 0 Å². The lowest BCUT2D eigenvalue weighted by Crippen LogP contribution is -2.35. The van der Waals surface area contributed by atoms with Crippen LogP contribution >= 0.6 is 0 Å². The van der Waals surface area contributed by atoms with E-state index >= 15 is 0 Å². The minimum Gasteiger partial charge on any atom is -0.383 e. The molecule has 0 bridgehead atoms. The Kier molecular flexibility index (Phi) is 9.08. The van der Waals surface area contributed by atoms with E-state index in [1.54, 1.807) is 0 Å². The second kappa shape index (κ2) is 14.0. The van der Waals surface area contributed by atoms with Crippen LogP contribution in [0.1, 0.15) is 54.5 Å². The molecular formula is C44H41N3. The van der Waals surface area contributed by atoms with Crippen LogP contribution in [-0.4, -0.2) is 12.0 Å². The molecule has 0 aliphatic heterocycles. The highest BCUT2D eigenvalue weighted by atomic mass is 15.1. The van der Waals surface area contributed by atoms with E-state index in [1.807, 2.05) is 6.07 Å². The second-order valence-electron chi connectivity index (χ2n) is 12.5. The molecule has 2 atom stereocenters. The highest BCUT2D eigenvalue weighted by Crippen LogP contribution is 2.40. The number of allylic oxidation sites excluding steroid dienone is 5. The number of benzene rings is 5. The molecular weight excluding hydrogens is 571 g/mol. The van der Waals surface area contributed by atoms with E-state index in [1.165, 1.54) is 44.5 Å². The maximum Gasteiger partial charge on any atom is 0.129 e. The first-order valence-electron chi connectivity index (χ1n) is 16.7. The monoisotopic (exact) mass is 611 g/mol. The van der Waals surface area contributed by atoms with Gasteiger partial charge in [-0.25, -0.2) is 4.99 Å². The van der Waals surface area contributed by atoms with Crippen LogP contribution in [0.5, 0.6) is 0 Å². The van der Waals surface area contributed by atoms with Crippen molar-refractivity contribution in [2.75, 3.05) is 0 Å². The molecule has 0 saturated carbocycles. The van der Waals surface area contributed by atoms with Crippen molar-refractivity contribution in [3.63, 3.8) is 0 Å². The van der Waals surface area contributed by atoms with Crippen molar-refractivity contribution < 1.29 is 0 Å². The minimum absolute atomic E-state index is 0.0129. The average Bonchev–Trinajstić information content (AvgIpc) is 3.15. The largest absolute Gasteiger partial charge is 0.383 e. The van der Waals surface area contributed by atoms with E-state index in [0.29, 0.717) is 5.84 Å². The molecule has 7 rings (SSSR count). The molecule has 5 aromatic carbocycles. The van der Waals surface area contributed by atoms with E-state index < -0.39 is 0 Å². The van der Waals surface area contributed by atoms with Gasteiger partial charge in [0, 0.05) is 17.2 Å². The molecule has 0 amide bonds. The van der Waals surface area contributed by atoms with Gasteiger partial charge in [0.15, 0.2) is 0 Å². The van der Waals surface area contributed by atoms with E-state index in [9.17, 15) is 0 Å². The fraction of sp³-hybridized carbons (Fsp3) is 0.159. The zero-order valence-electron chi connectivity index (χ0n) is 26.9. The summed E-state index contributed by atoms with van der Waals surface area (Å²) < 4.78 is 0. The molecule has 0 spiro atoms. The fourth-order valence-electron chi connectivity index (χ4n) is 6.90. The number of aliphatic imine (C=N–C) groups is 1. The first-order valence-corrected chi connectivity index (χ1v) is 16.7. The number of nitrogens with zero attached hydrogens (tertiary/aromatic N) is 1. The van der Waals surface area contributed by atoms with Gasteiger partial charge in [0.2, 0.25) is 0 Å². The topological polar surface area (TPSA) is 50.4 Å². The maximum absolute atomic E-state index is 6.97. The van der Waals surface area contributed by atoms with Gasteiger partial charge < -0.3 is 5.73 Å². The van der Waals surface area contributed by atoms with Crippen molar-refractivity contribution in [1.29, 1.82) is 0 Å². The molecule has 3 nitrogen and oxygen atoms in total. The van der Waals surface area contributed by atoms with Crippen molar-refractivity contribution in [2.24, 2.45) is 10.7 Å². The minimum atomic E-state index is -0.353. The Morgan fingerprint density at radius 3 is 2.06 bits per heavy atom. The van der Waals surface area contributed by atoms with Gasteiger partial charge in [-0.15, -0.1) is 0 Å².